The summed E-state index contributed by atoms with van der Waals surface area (Å²) in [5.41, 5.74) is 1.06. The molecule has 1 unspecified atom stereocenters. The van der Waals surface area contributed by atoms with E-state index >= 15 is 0 Å². The smallest absolute Gasteiger partial charge is 0.203 e. The number of hydrogen-bond acceptors (Lipinski definition) is 3. The molecule has 0 saturated carbocycles. The lowest BCUT2D eigenvalue weighted by Gasteiger charge is -2.15. The second kappa shape index (κ2) is 6.63. The molecule has 0 aliphatic carbocycles. The normalized spacial score (nSPS) is 12.4. The van der Waals surface area contributed by atoms with Crippen molar-refractivity contribution in [2.45, 2.75) is 26.8 Å². The molecule has 1 N–H and O–H groups in total. The van der Waals surface area contributed by atoms with Crippen LogP contribution in [0.5, 0.6) is 0 Å². The Morgan fingerprint density at radius 3 is 3.06 bits per heavy atom. The Bertz CT molecular complexity index is 333. The number of nitrogens with one attached hydrogen (secondary N) is 1. The average Bonchev–Trinajstić information content (AvgIpc) is 2.64. The molecule has 0 aromatic carbocycles. The van der Waals surface area contributed by atoms with Gasteiger partial charge in [-0.05, 0) is 19.6 Å². The zero-order chi connectivity index (χ0) is 12.0. The Morgan fingerprint density at radius 2 is 2.44 bits per heavy atom. The van der Waals surface area contributed by atoms with Crippen molar-refractivity contribution in [3.05, 3.63) is 24.5 Å². The third-order valence-corrected chi connectivity index (χ3v) is 3.42. The highest BCUT2D eigenvalue weighted by Crippen LogP contribution is 2.19. The number of imidazole rings is 1. The molecule has 1 aromatic rings. The minimum atomic E-state index is 0.471. The molecule has 16 heavy (non-hydrogen) atoms. The molecule has 0 spiro atoms. The quantitative estimate of drug-likeness (QED) is 0.742. The van der Waals surface area contributed by atoms with Crippen LogP contribution in [0.15, 0.2) is 18.9 Å². The van der Waals surface area contributed by atoms with Crippen molar-refractivity contribution in [1.82, 2.24) is 9.55 Å². The highest BCUT2D eigenvalue weighted by Gasteiger charge is 2.10. The van der Waals surface area contributed by atoms with Gasteiger partial charge >= 0.3 is 0 Å². The van der Waals surface area contributed by atoms with E-state index in [0.29, 0.717) is 6.04 Å². The number of anilines is 1. The third kappa shape index (κ3) is 3.59. The molecule has 1 rings (SSSR count). The van der Waals surface area contributed by atoms with E-state index in [4.69, 9.17) is 0 Å². The van der Waals surface area contributed by atoms with Gasteiger partial charge in [-0.3, -0.25) is 0 Å². The molecule has 0 aliphatic heterocycles. The summed E-state index contributed by atoms with van der Waals surface area (Å²) in [6.45, 7) is 10.9. The van der Waals surface area contributed by atoms with E-state index in [0.717, 1.165) is 29.7 Å². The molecule has 3 nitrogen and oxygen atoms in total. The molecule has 1 aromatic heterocycles. The van der Waals surface area contributed by atoms with Crippen LogP contribution in [0.2, 0.25) is 0 Å². The first-order valence-electron chi connectivity index (χ1n) is 5.67. The summed E-state index contributed by atoms with van der Waals surface area (Å²) in [5, 5.41) is 3.27. The maximum atomic E-state index is 4.47. The number of aromatic nitrogens is 2. The summed E-state index contributed by atoms with van der Waals surface area (Å²) in [6, 6.07) is 0.471. The van der Waals surface area contributed by atoms with E-state index in [9.17, 15) is 0 Å². The second-order valence-corrected chi connectivity index (χ2v) is 5.11. The molecule has 90 valence electrons. The van der Waals surface area contributed by atoms with Gasteiger partial charge in [-0.15, -0.1) is 6.58 Å². The molecule has 0 saturated heterocycles. The van der Waals surface area contributed by atoms with Gasteiger partial charge in [0.05, 0.1) is 5.69 Å². The van der Waals surface area contributed by atoms with Gasteiger partial charge in [0.25, 0.3) is 0 Å². The first kappa shape index (κ1) is 13.2. The summed E-state index contributed by atoms with van der Waals surface area (Å²) in [4.78, 5) is 4.47. The van der Waals surface area contributed by atoms with Crippen LogP contribution in [0, 0.1) is 6.92 Å². The van der Waals surface area contributed by atoms with Crippen molar-refractivity contribution in [2.24, 2.45) is 0 Å². The van der Waals surface area contributed by atoms with Gasteiger partial charge < -0.3 is 9.88 Å². The van der Waals surface area contributed by atoms with Crippen LogP contribution < -0.4 is 5.32 Å². The Balaban J connectivity index is 2.72. The lowest BCUT2D eigenvalue weighted by atomic mass is 10.4. The Kier molecular flexibility index (Phi) is 5.46. The molecule has 1 atom stereocenters. The lowest BCUT2D eigenvalue weighted by molar-refractivity contribution is 0.615. The van der Waals surface area contributed by atoms with E-state index in [2.05, 4.69) is 41.5 Å². The Morgan fingerprint density at radius 1 is 1.69 bits per heavy atom. The van der Waals surface area contributed by atoms with Crippen LogP contribution in [-0.4, -0.2) is 27.6 Å². The molecule has 4 heteroatoms. The molecule has 0 fully saturated rings. The molecule has 0 bridgehead atoms. The maximum Gasteiger partial charge on any atom is 0.203 e. The zero-order valence-corrected chi connectivity index (χ0v) is 11.2. The fourth-order valence-electron chi connectivity index (χ4n) is 1.52. The summed E-state index contributed by atoms with van der Waals surface area (Å²) in [5.74, 6) is 3.23. The molecular formula is C12H21N3S. The Labute approximate surface area is 102 Å². The summed E-state index contributed by atoms with van der Waals surface area (Å²) in [6.07, 6.45) is 3.95. The summed E-state index contributed by atoms with van der Waals surface area (Å²) >= 11 is 1.96. The van der Waals surface area contributed by atoms with Crippen LogP contribution in [-0.2, 0) is 0 Å². The van der Waals surface area contributed by atoms with E-state index in [1.807, 2.05) is 24.8 Å². The molecule has 1 heterocycles. The van der Waals surface area contributed by atoms with Crippen molar-refractivity contribution in [3.63, 3.8) is 0 Å². The maximum absolute atomic E-state index is 4.47. The van der Waals surface area contributed by atoms with Gasteiger partial charge in [0, 0.05) is 24.5 Å². The van der Waals surface area contributed by atoms with Gasteiger partial charge in [0.2, 0.25) is 5.95 Å². The minimum absolute atomic E-state index is 0.471. The molecule has 0 radical (unpaired) electrons. The number of aryl methyl sites for hydroxylation is 1. The molecule has 0 aliphatic rings. The number of hydrogen-bond donors (Lipinski definition) is 1. The van der Waals surface area contributed by atoms with Crippen LogP contribution in [0.4, 0.5) is 5.95 Å². The first-order chi connectivity index (χ1) is 7.69. The predicted octanol–water partition coefficient (Wildman–Crippen LogP) is 3.10. The van der Waals surface area contributed by atoms with E-state index in [1.165, 1.54) is 0 Å². The van der Waals surface area contributed by atoms with Crippen molar-refractivity contribution in [3.8, 4) is 0 Å². The molecule has 0 amide bonds. The van der Waals surface area contributed by atoms with Crippen LogP contribution in [0.25, 0.3) is 0 Å². The van der Waals surface area contributed by atoms with Crippen LogP contribution in [0.3, 0.4) is 0 Å². The van der Waals surface area contributed by atoms with Gasteiger partial charge in [-0.25, -0.2) is 4.98 Å². The fraction of sp³-hybridized carbons (Fsp3) is 0.583. The van der Waals surface area contributed by atoms with E-state index < -0.39 is 0 Å². The SMILES string of the molecule is C=CCNc1nc(C)cn1C(C)CSCC. The number of rotatable bonds is 7. The topological polar surface area (TPSA) is 29.9 Å². The van der Waals surface area contributed by atoms with Crippen LogP contribution in [0.1, 0.15) is 25.6 Å². The van der Waals surface area contributed by atoms with E-state index in [-0.39, 0.29) is 0 Å². The van der Waals surface area contributed by atoms with Crippen molar-refractivity contribution >= 4 is 17.7 Å². The largest absolute Gasteiger partial charge is 0.352 e. The number of nitrogens with zero attached hydrogens (tertiary/aromatic N) is 2. The van der Waals surface area contributed by atoms with Gasteiger partial charge in [0.1, 0.15) is 0 Å². The van der Waals surface area contributed by atoms with Crippen LogP contribution >= 0.6 is 11.8 Å². The fourth-order valence-corrected chi connectivity index (χ4v) is 2.25. The highest BCUT2D eigenvalue weighted by molar-refractivity contribution is 7.99. The number of thioether (sulfide) groups is 1. The van der Waals surface area contributed by atoms with Crippen molar-refractivity contribution in [1.29, 1.82) is 0 Å². The molecular weight excluding hydrogens is 218 g/mol. The lowest BCUT2D eigenvalue weighted by Crippen LogP contribution is -2.12. The van der Waals surface area contributed by atoms with Gasteiger partial charge in [0.15, 0.2) is 0 Å². The third-order valence-electron chi connectivity index (χ3n) is 2.30. The first-order valence-corrected chi connectivity index (χ1v) is 6.82. The Hall–Kier alpha value is -0.900. The van der Waals surface area contributed by atoms with Gasteiger partial charge in [-0.2, -0.15) is 11.8 Å². The summed E-state index contributed by atoms with van der Waals surface area (Å²) in [7, 11) is 0. The van der Waals surface area contributed by atoms with Crippen molar-refractivity contribution < 1.29 is 0 Å². The van der Waals surface area contributed by atoms with Gasteiger partial charge in [-0.1, -0.05) is 13.0 Å². The average molecular weight is 239 g/mol. The standard InChI is InChI=1S/C12H21N3S/c1-5-7-13-12-14-10(3)8-15(12)11(4)9-16-6-2/h5,8,11H,1,6-7,9H2,2-4H3,(H,13,14). The van der Waals surface area contributed by atoms with E-state index in [1.54, 1.807) is 0 Å². The van der Waals surface area contributed by atoms with Crippen molar-refractivity contribution in [2.75, 3.05) is 23.4 Å². The predicted molar refractivity (Wildman–Crippen MR) is 73.4 cm³/mol. The summed E-state index contributed by atoms with van der Waals surface area (Å²) < 4.78 is 2.21. The second-order valence-electron chi connectivity index (χ2n) is 3.79. The monoisotopic (exact) mass is 239 g/mol. The highest BCUT2D eigenvalue weighted by atomic mass is 32.2. The zero-order valence-electron chi connectivity index (χ0n) is 10.4. The minimum Gasteiger partial charge on any atom is -0.352 e.